The van der Waals surface area contributed by atoms with Gasteiger partial charge in [-0.1, -0.05) is 29.5 Å². The van der Waals surface area contributed by atoms with Gasteiger partial charge in [-0.25, -0.2) is 9.48 Å². The highest BCUT2D eigenvalue weighted by Crippen LogP contribution is 2.24. The molecule has 0 unspecified atom stereocenters. The van der Waals surface area contributed by atoms with Gasteiger partial charge < -0.3 is 10.1 Å². The Balaban J connectivity index is 1.75. The largest absolute Gasteiger partial charge is 0.450 e. The van der Waals surface area contributed by atoms with Gasteiger partial charge in [0, 0.05) is 11.4 Å². The summed E-state index contributed by atoms with van der Waals surface area (Å²) in [7, 11) is 0. The van der Waals surface area contributed by atoms with Gasteiger partial charge in [0.2, 0.25) is 0 Å². The fraction of sp³-hybridized carbons (Fsp3) is 0.158. The zero-order valence-corrected chi connectivity index (χ0v) is 15.0. The molecular weight excluding hydrogens is 346 g/mol. The maximum Gasteiger partial charge on any atom is 0.411 e. The van der Waals surface area contributed by atoms with Crippen LogP contribution in [0.4, 0.5) is 16.2 Å². The maximum absolute atomic E-state index is 12.5. The Labute approximate surface area is 156 Å². The molecule has 0 saturated heterocycles. The molecule has 27 heavy (non-hydrogen) atoms. The SMILES string of the molecule is CCOC(=O)Nc1cccc(NC(=O)c2cn(-c3ccccc3)nn2)c1C. The zero-order chi connectivity index (χ0) is 19.2. The van der Waals surface area contributed by atoms with Crippen molar-refractivity contribution in [1.82, 2.24) is 15.0 Å². The fourth-order valence-corrected chi connectivity index (χ4v) is 2.44. The molecule has 138 valence electrons. The number of hydrogen-bond donors (Lipinski definition) is 2. The number of aromatic nitrogens is 3. The van der Waals surface area contributed by atoms with Crippen molar-refractivity contribution in [2.24, 2.45) is 0 Å². The number of nitrogens with one attached hydrogen (secondary N) is 2. The van der Waals surface area contributed by atoms with E-state index in [0.717, 1.165) is 5.69 Å². The van der Waals surface area contributed by atoms with Crippen LogP contribution in [0.15, 0.2) is 54.7 Å². The third-order valence-electron chi connectivity index (χ3n) is 3.84. The van der Waals surface area contributed by atoms with Crippen LogP contribution in [0, 0.1) is 6.92 Å². The summed E-state index contributed by atoms with van der Waals surface area (Å²) in [6, 6.07) is 14.6. The number of amides is 2. The molecule has 0 aliphatic rings. The van der Waals surface area contributed by atoms with Gasteiger partial charge in [0.1, 0.15) is 0 Å². The number of nitrogens with zero attached hydrogens (tertiary/aromatic N) is 3. The van der Waals surface area contributed by atoms with Crippen molar-refractivity contribution >= 4 is 23.4 Å². The lowest BCUT2D eigenvalue weighted by molar-refractivity contribution is 0.102. The molecule has 0 aliphatic heterocycles. The second-order valence-electron chi connectivity index (χ2n) is 5.66. The number of benzene rings is 2. The topological polar surface area (TPSA) is 98.1 Å². The van der Waals surface area contributed by atoms with Crippen molar-refractivity contribution in [1.29, 1.82) is 0 Å². The summed E-state index contributed by atoms with van der Waals surface area (Å²) in [4.78, 5) is 24.1. The van der Waals surface area contributed by atoms with Gasteiger partial charge in [0.05, 0.1) is 18.5 Å². The molecule has 2 aromatic carbocycles. The molecule has 0 bridgehead atoms. The summed E-state index contributed by atoms with van der Waals surface area (Å²) in [6.07, 6.45) is 1.01. The number of ether oxygens (including phenoxy) is 1. The first-order valence-electron chi connectivity index (χ1n) is 8.41. The van der Waals surface area contributed by atoms with E-state index in [1.165, 1.54) is 4.68 Å². The Morgan fingerprint density at radius 1 is 1.04 bits per heavy atom. The predicted molar refractivity (Wildman–Crippen MR) is 101 cm³/mol. The molecule has 3 aromatic rings. The van der Waals surface area contributed by atoms with Crippen LogP contribution in [-0.2, 0) is 4.74 Å². The second kappa shape index (κ2) is 8.13. The Hall–Kier alpha value is -3.68. The van der Waals surface area contributed by atoms with Gasteiger partial charge in [0.25, 0.3) is 5.91 Å². The summed E-state index contributed by atoms with van der Waals surface area (Å²) in [5.41, 5.74) is 2.81. The molecule has 0 fully saturated rings. The van der Waals surface area contributed by atoms with E-state index in [1.807, 2.05) is 30.3 Å². The Morgan fingerprint density at radius 2 is 1.74 bits per heavy atom. The van der Waals surface area contributed by atoms with E-state index in [-0.39, 0.29) is 12.3 Å². The smallest absolute Gasteiger partial charge is 0.411 e. The van der Waals surface area contributed by atoms with Crippen LogP contribution in [0.1, 0.15) is 23.0 Å². The van der Waals surface area contributed by atoms with E-state index in [1.54, 1.807) is 38.2 Å². The molecule has 0 atom stereocenters. The third kappa shape index (κ3) is 4.30. The number of anilines is 2. The highest BCUT2D eigenvalue weighted by Gasteiger charge is 2.14. The van der Waals surface area contributed by atoms with Crippen LogP contribution < -0.4 is 10.6 Å². The van der Waals surface area contributed by atoms with Gasteiger partial charge in [-0.05, 0) is 43.7 Å². The lowest BCUT2D eigenvalue weighted by atomic mass is 10.1. The number of rotatable bonds is 5. The van der Waals surface area contributed by atoms with Crippen LogP contribution in [0.3, 0.4) is 0 Å². The molecule has 0 radical (unpaired) electrons. The quantitative estimate of drug-likeness (QED) is 0.722. The molecule has 8 nitrogen and oxygen atoms in total. The normalized spacial score (nSPS) is 10.3. The average molecular weight is 365 g/mol. The monoisotopic (exact) mass is 365 g/mol. The van der Waals surface area contributed by atoms with Crippen molar-refractivity contribution in [3.63, 3.8) is 0 Å². The van der Waals surface area contributed by atoms with E-state index in [0.29, 0.717) is 16.9 Å². The first kappa shape index (κ1) is 18.1. The summed E-state index contributed by atoms with van der Waals surface area (Å²) in [5, 5.41) is 13.3. The van der Waals surface area contributed by atoms with Crippen molar-refractivity contribution < 1.29 is 14.3 Å². The number of carbonyl (C=O) groups is 2. The van der Waals surface area contributed by atoms with Gasteiger partial charge in [-0.2, -0.15) is 0 Å². The van der Waals surface area contributed by atoms with E-state index in [2.05, 4.69) is 20.9 Å². The summed E-state index contributed by atoms with van der Waals surface area (Å²) in [5.74, 6) is -0.395. The molecule has 0 spiro atoms. The van der Waals surface area contributed by atoms with Crippen molar-refractivity contribution in [2.75, 3.05) is 17.2 Å². The van der Waals surface area contributed by atoms with Crippen LogP contribution in [-0.4, -0.2) is 33.6 Å². The molecule has 2 amide bonds. The highest BCUT2D eigenvalue weighted by atomic mass is 16.5. The van der Waals surface area contributed by atoms with Crippen LogP contribution in [0.2, 0.25) is 0 Å². The third-order valence-corrected chi connectivity index (χ3v) is 3.84. The summed E-state index contributed by atoms with van der Waals surface area (Å²) >= 11 is 0. The molecule has 1 aromatic heterocycles. The molecule has 2 N–H and O–H groups in total. The number of hydrogen-bond acceptors (Lipinski definition) is 5. The van der Waals surface area contributed by atoms with Crippen LogP contribution >= 0.6 is 0 Å². The lowest BCUT2D eigenvalue weighted by Gasteiger charge is -2.12. The lowest BCUT2D eigenvalue weighted by Crippen LogP contribution is -2.16. The highest BCUT2D eigenvalue weighted by molar-refractivity contribution is 6.03. The molecule has 0 saturated carbocycles. The van der Waals surface area contributed by atoms with Crippen LogP contribution in [0.5, 0.6) is 0 Å². The average Bonchev–Trinajstić information content (AvgIpc) is 3.16. The Bertz CT molecular complexity index is 953. The van der Waals surface area contributed by atoms with Gasteiger partial charge in [-0.3, -0.25) is 10.1 Å². The number of carbonyl (C=O) groups excluding carboxylic acids is 2. The minimum absolute atomic E-state index is 0.182. The first-order valence-corrected chi connectivity index (χ1v) is 8.41. The summed E-state index contributed by atoms with van der Waals surface area (Å²) in [6.45, 7) is 3.79. The van der Waals surface area contributed by atoms with Crippen LogP contribution in [0.25, 0.3) is 5.69 Å². The van der Waals surface area contributed by atoms with Gasteiger partial charge in [0.15, 0.2) is 5.69 Å². The fourth-order valence-electron chi connectivity index (χ4n) is 2.44. The van der Waals surface area contributed by atoms with Crippen molar-refractivity contribution in [2.45, 2.75) is 13.8 Å². The molecule has 3 rings (SSSR count). The Kier molecular flexibility index (Phi) is 5.46. The van der Waals surface area contributed by atoms with Gasteiger partial charge >= 0.3 is 6.09 Å². The predicted octanol–water partition coefficient (Wildman–Crippen LogP) is 3.40. The Morgan fingerprint density at radius 3 is 2.44 bits per heavy atom. The zero-order valence-electron chi connectivity index (χ0n) is 15.0. The standard InChI is InChI=1S/C19H19N5O3/c1-3-27-19(26)21-16-11-7-10-15(13(16)2)20-18(25)17-12-24(23-22-17)14-8-5-4-6-9-14/h4-12H,3H2,1-2H3,(H,20,25)(H,21,26). The minimum atomic E-state index is -0.546. The first-order chi connectivity index (χ1) is 13.1. The van der Waals surface area contributed by atoms with E-state index >= 15 is 0 Å². The molecule has 0 aliphatic carbocycles. The van der Waals surface area contributed by atoms with E-state index in [9.17, 15) is 9.59 Å². The maximum atomic E-state index is 12.5. The molecular formula is C19H19N5O3. The molecule has 8 heteroatoms. The molecule has 1 heterocycles. The minimum Gasteiger partial charge on any atom is -0.450 e. The number of para-hydroxylation sites is 1. The second-order valence-corrected chi connectivity index (χ2v) is 5.66. The van der Waals surface area contributed by atoms with E-state index in [4.69, 9.17) is 4.74 Å². The van der Waals surface area contributed by atoms with Crippen molar-refractivity contribution in [3.05, 3.63) is 66.0 Å². The van der Waals surface area contributed by atoms with Gasteiger partial charge in [-0.15, -0.1) is 5.10 Å². The van der Waals surface area contributed by atoms with Crippen molar-refractivity contribution in [3.8, 4) is 5.69 Å². The van der Waals surface area contributed by atoms with E-state index < -0.39 is 12.0 Å². The summed E-state index contributed by atoms with van der Waals surface area (Å²) < 4.78 is 6.41.